The lowest BCUT2D eigenvalue weighted by Gasteiger charge is -2.34. The van der Waals surface area contributed by atoms with E-state index in [1.807, 2.05) is 16.2 Å². The van der Waals surface area contributed by atoms with Crippen molar-refractivity contribution in [2.75, 3.05) is 57.9 Å². The average Bonchev–Trinajstić information content (AvgIpc) is 3.43. The number of aliphatic imine (C=N–C) groups is 1. The summed E-state index contributed by atoms with van der Waals surface area (Å²) in [4.78, 5) is 15.8. The SMILES string of the molecule is CN=C(NCC(c1ccc(C)s1)N1CCOCC1)NC1CCN(c2ncccc2F)C1.I. The maximum atomic E-state index is 14.1. The summed E-state index contributed by atoms with van der Waals surface area (Å²) in [7, 11) is 1.79. The number of hydrogen-bond acceptors (Lipinski definition) is 6. The Bertz CT molecular complexity index is 891. The number of thiophene rings is 1. The number of ether oxygens (including phenoxy) is 1. The van der Waals surface area contributed by atoms with Crippen molar-refractivity contribution >= 4 is 47.1 Å². The van der Waals surface area contributed by atoms with Crippen LogP contribution in [0.15, 0.2) is 35.5 Å². The molecule has 2 aliphatic heterocycles. The van der Waals surface area contributed by atoms with E-state index in [-0.39, 0.29) is 41.9 Å². The van der Waals surface area contributed by atoms with Crippen LogP contribution in [-0.2, 0) is 4.74 Å². The molecule has 0 bridgehead atoms. The largest absolute Gasteiger partial charge is 0.379 e. The number of nitrogens with zero attached hydrogens (tertiary/aromatic N) is 4. The van der Waals surface area contributed by atoms with Crippen molar-refractivity contribution in [3.8, 4) is 0 Å². The zero-order valence-corrected chi connectivity index (χ0v) is 21.7. The molecule has 2 aliphatic rings. The van der Waals surface area contributed by atoms with E-state index in [4.69, 9.17) is 4.74 Å². The van der Waals surface area contributed by atoms with E-state index in [9.17, 15) is 4.39 Å². The number of rotatable bonds is 6. The average molecular weight is 575 g/mol. The van der Waals surface area contributed by atoms with E-state index in [0.29, 0.717) is 12.4 Å². The molecule has 2 saturated heterocycles. The second kappa shape index (κ2) is 12.1. The number of hydrogen-bond donors (Lipinski definition) is 2. The van der Waals surface area contributed by atoms with Crippen LogP contribution < -0.4 is 15.5 Å². The lowest BCUT2D eigenvalue weighted by atomic mass is 10.2. The van der Waals surface area contributed by atoms with Crippen molar-refractivity contribution in [3.63, 3.8) is 0 Å². The molecular formula is C22H32FIN6OS. The molecular weight excluding hydrogens is 542 g/mol. The number of halogens is 2. The molecule has 0 saturated carbocycles. The fraction of sp³-hybridized carbons (Fsp3) is 0.545. The summed E-state index contributed by atoms with van der Waals surface area (Å²) in [6, 6.07) is 7.97. The monoisotopic (exact) mass is 574 g/mol. The minimum Gasteiger partial charge on any atom is -0.379 e. The van der Waals surface area contributed by atoms with Crippen molar-refractivity contribution in [1.29, 1.82) is 0 Å². The van der Waals surface area contributed by atoms with Crippen LogP contribution in [0.5, 0.6) is 0 Å². The van der Waals surface area contributed by atoms with Crippen molar-refractivity contribution in [1.82, 2.24) is 20.5 Å². The summed E-state index contributed by atoms with van der Waals surface area (Å²) >= 11 is 1.85. The van der Waals surface area contributed by atoms with Gasteiger partial charge in [0.1, 0.15) is 0 Å². The molecule has 2 aromatic rings. The van der Waals surface area contributed by atoms with E-state index in [1.165, 1.54) is 15.8 Å². The third-order valence-electron chi connectivity index (χ3n) is 5.83. The Balaban J connectivity index is 0.00000289. The quantitative estimate of drug-likeness (QED) is 0.315. The standard InChI is InChI=1S/C22H31FN6OS.HI/c1-16-5-6-20(31-16)19(28-10-12-30-13-11-28)14-26-22(24-2)27-17-7-9-29(15-17)21-18(23)4-3-8-25-21;/h3-6,8,17,19H,7,9-15H2,1-2H3,(H2,24,26,27);1H. The highest BCUT2D eigenvalue weighted by Crippen LogP contribution is 2.28. The van der Waals surface area contributed by atoms with Gasteiger partial charge in [-0.1, -0.05) is 0 Å². The number of anilines is 1. The summed E-state index contributed by atoms with van der Waals surface area (Å²) in [6.07, 6.45) is 2.55. The van der Waals surface area contributed by atoms with Gasteiger partial charge in [0.15, 0.2) is 17.6 Å². The first-order chi connectivity index (χ1) is 15.1. The normalized spacial score (nSPS) is 20.7. The second-order valence-electron chi connectivity index (χ2n) is 7.95. The summed E-state index contributed by atoms with van der Waals surface area (Å²) in [6.45, 7) is 7.80. The number of pyridine rings is 1. The molecule has 0 amide bonds. The van der Waals surface area contributed by atoms with Crippen molar-refractivity contribution < 1.29 is 9.13 Å². The summed E-state index contributed by atoms with van der Waals surface area (Å²) in [5.74, 6) is 0.931. The summed E-state index contributed by atoms with van der Waals surface area (Å²) in [5.41, 5.74) is 0. The molecule has 0 aliphatic carbocycles. The molecule has 2 unspecified atom stereocenters. The van der Waals surface area contributed by atoms with E-state index in [0.717, 1.165) is 51.8 Å². The van der Waals surface area contributed by atoms with Crippen LogP contribution in [0.3, 0.4) is 0 Å². The van der Waals surface area contributed by atoms with Gasteiger partial charge in [-0.3, -0.25) is 9.89 Å². The molecule has 0 aromatic carbocycles. The molecule has 4 heterocycles. The maximum Gasteiger partial charge on any atom is 0.191 e. The number of nitrogens with one attached hydrogen (secondary N) is 2. The van der Waals surface area contributed by atoms with Crippen LogP contribution in [0.25, 0.3) is 0 Å². The number of aromatic nitrogens is 1. The smallest absolute Gasteiger partial charge is 0.191 e. The van der Waals surface area contributed by atoms with Gasteiger partial charge in [0.05, 0.1) is 19.3 Å². The predicted octanol–water partition coefficient (Wildman–Crippen LogP) is 3.03. The Morgan fingerprint density at radius 1 is 1.31 bits per heavy atom. The minimum absolute atomic E-state index is 0. The Labute approximate surface area is 210 Å². The Kier molecular flexibility index (Phi) is 9.50. The Morgan fingerprint density at radius 3 is 2.81 bits per heavy atom. The lowest BCUT2D eigenvalue weighted by molar-refractivity contribution is 0.0177. The van der Waals surface area contributed by atoms with Gasteiger partial charge in [-0.15, -0.1) is 35.3 Å². The zero-order valence-electron chi connectivity index (χ0n) is 18.6. The van der Waals surface area contributed by atoms with Gasteiger partial charge >= 0.3 is 0 Å². The van der Waals surface area contributed by atoms with Gasteiger partial charge in [-0.05, 0) is 37.6 Å². The molecule has 176 valence electrons. The third-order valence-corrected chi connectivity index (χ3v) is 6.93. The fourth-order valence-electron chi connectivity index (χ4n) is 4.19. The lowest BCUT2D eigenvalue weighted by Crippen LogP contribution is -2.48. The first-order valence-electron chi connectivity index (χ1n) is 10.8. The molecule has 10 heteroatoms. The Morgan fingerprint density at radius 2 is 2.12 bits per heavy atom. The van der Waals surface area contributed by atoms with Crippen LogP contribution in [0.1, 0.15) is 22.2 Å². The molecule has 4 rings (SSSR count). The van der Waals surface area contributed by atoms with E-state index in [2.05, 4.69) is 44.6 Å². The van der Waals surface area contributed by atoms with Crippen LogP contribution in [0.2, 0.25) is 0 Å². The van der Waals surface area contributed by atoms with Crippen molar-refractivity contribution in [2.45, 2.75) is 25.4 Å². The molecule has 2 atom stereocenters. The van der Waals surface area contributed by atoms with Gasteiger partial charge in [-0.25, -0.2) is 9.37 Å². The maximum absolute atomic E-state index is 14.1. The highest BCUT2D eigenvalue weighted by atomic mass is 127. The second-order valence-corrected chi connectivity index (χ2v) is 9.27. The van der Waals surface area contributed by atoms with E-state index < -0.39 is 0 Å². The van der Waals surface area contributed by atoms with Gasteiger partial charge in [0.25, 0.3) is 0 Å². The summed E-state index contributed by atoms with van der Waals surface area (Å²) < 4.78 is 19.6. The highest BCUT2D eigenvalue weighted by molar-refractivity contribution is 14.0. The molecule has 2 N–H and O–H groups in total. The highest BCUT2D eigenvalue weighted by Gasteiger charge is 2.27. The third kappa shape index (κ3) is 6.30. The van der Waals surface area contributed by atoms with Crippen LogP contribution >= 0.6 is 35.3 Å². The van der Waals surface area contributed by atoms with Gasteiger partial charge in [0.2, 0.25) is 0 Å². The molecule has 0 radical (unpaired) electrons. The zero-order chi connectivity index (χ0) is 21.6. The van der Waals surface area contributed by atoms with Crippen molar-refractivity contribution in [2.24, 2.45) is 4.99 Å². The molecule has 2 fully saturated rings. The number of morpholine rings is 1. The molecule has 0 spiro atoms. The minimum atomic E-state index is -0.273. The first kappa shape index (κ1) is 25.1. The fourth-order valence-corrected chi connectivity index (χ4v) is 5.21. The van der Waals surface area contributed by atoms with E-state index in [1.54, 1.807) is 19.3 Å². The van der Waals surface area contributed by atoms with Gasteiger partial charge in [-0.2, -0.15) is 0 Å². The predicted molar refractivity (Wildman–Crippen MR) is 139 cm³/mol. The van der Waals surface area contributed by atoms with Crippen LogP contribution in [0, 0.1) is 12.7 Å². The topological polar surface area (TPSA) is 65.0 Å². The molecule has 7 nitrogen and oxygen atoms in total. The Hall–Kier alpha value is -1.50. The van der Waals surface area contributed by atoms with Crippen molar-refractivity contribution in [3.05, 3.63) is 46.0 Å². The van der Waals surface area contributed by atoms with Crippen LogP contribution in [-0.4, -0.2) is 74.9 Å². The summed E-state index contributed by atoms with van der Waals surface area (Å²) in [5, 5.41) is 7.03. The number of aryl methyl sites for hydroxylation is 1. The van der Waals surface area contributed by atoms with Gasteiger partial charge in [0, 0.05) is 61.8 Å². The van der Waals surface area contributed by atoms with Gasteiger partial charge < -0.3 is 20.3 Å². The number of guanidine groups is 1. The van der Waals surface area contributed by atoms with E-state index >= 15 is 0 Å². The van der Waals surface area contributed by atoms with Crippen LogP contribution in [0.4, 0.5) is 10.2 Å². The molecule has 32 heavy (non-hydrogen) atoms. The molecule has 2 aromatic heterocycles. The first-order valence-corrected chi connectivity index (χ1v) is 11.7.